The van der Waals surface area contributed by atoms with Crippen LogP contribution in [0, 0.1) is 30.4 Å². The highest BCUT2D eigenvalue weighted by Crippen LogP contribution is 2.46. The quantitative estimate of drug-likeness (QED) is 0.288. The molecule has 0 N–H and O–H groups in total. The van der Waals surface area contributed by atoms with Crippen molar-refractivity contribution >= 4 is 33.2 Å². The van der Waals surface area contributed by atoms with Gasteiger partial charge in [-0.25, -0.2) is 17.2 Å². The number of carbonyl (C=O) groups is 1. The van der Waals surface area contributed by atoms with E-state index in [4.69, 9.17) is 16.3 Å². The predicted octanol–water partition coefficient (Wildman–Crippen LogP) is 6.48. The van der Waals surface area contributed by atoms with Crippen LogP contribution < -0.4 is 4.31 Å². The molecular weight excluding hydrogens is 632 g/mol. The highest BCUT2D eigenvalue weighted by molar-refractivity contribution is 7.92. The van der Waals surface area contributed by atoms with Gasteiger partial charge in [0.2, 0.25) is 15.9 Å². The van der Waals surface area contributed by atoms with Crippen LogP contribution in [0.15, 0.2) is 30.3 Å². The lowest BCUT2D eigenvalue weighted by Gasteiger charge is -2.37. The van der Waals surface area contributed by atoms with Crippen LogP contribution >= 0.6 is 11.6 Å². The summed E-state index contributed by atoms with van der Waals surface area (Å²) in [5, 5.41) is 0.604. The van der Waals surface area contributed by atoms with Crippen molar-refractivity contribution in [1.82, 2.24) is 9.80 Å². The van der Waals surface area contributed by atoms with Gasteiger partial charge in [0, 0.05) is 55.8 Å². The predicted molar refractivity (Wildman–Crippen MR) is 177 cm³/mol. The lowest BCUT2D eigenvalue weighted by atomic mass is 9.85. The van der Waals surface area contributed by atoms with Crippen LogP contribution in [0.5, 0.6) is 0 Å². The maximum absolute atomic E-state index is 15.2. The number of carbonyl (C=O) groups excluding carboxylic acids is 1. The summed E-state index contributed by atoms with van der Waals surface area (Å²) in [7, 11) is -1.79. The third-order valence-electron chi connectivity index (χ3n) is 10.8. The normalized spacial score (nSPS) is 26.2. The molecule has 2 heterocycles. The minimum absolute atomic E-state index is 0.0193. The summed E-state index contributed by atoms with van der Waals surface area (Å²) in [4.78, 5) is 18.6. The van der Waals surface area contributed by atoms with E-state index < -0.39 is 27.6 Å². The Labute approximate surface area is 277 Å². The topological polar surface area (TPSA) is 70.2 Å². The van der Waals surface area contributed by atoms with Crippen LogP contribution in [-0.4, -0.2) is 82.4 Å². The molecule has 0 spiro atoms. The standard InChI is InChI=1S/C35H46ClF2N3O4S/c1-22-15-34(41(46(3,43)44)20-23-6-7-23)29(19-32(22)36)24-10-13-39(14-11-24)35(42)31-18-27(40-12-4-5-26(40)21-45-2)17-30(31)28-9-8-25(37)16-33(28)38/h8-9,15-16,19,23-24,26-27,30-31H,4-7,10-14,17-18,20-21H2,1-3H3/t26-,27?,30?,31?/m1/s1. The van der Waals surface area contributed by atoms with Gasteiger partial charge in [0.15, 0.2) is 0 Å². The lowest BCUT2D eigenvalue weighted by molar-refractivity contribution is -0.137. The van der Waals surface area contributed by atoms with Gasteiger partial charge < -0.3 is 9.64 Å². The third-order valence-corrected chi connectivity index (χ3v) is 12.4. The van der Waals surface area contributed by atoms with E-state index in [9.17, 15) is 17.6 Å². The molecule has 7 nitrogen and oxygen atoms in total. The molecule has 11 heteroatoms. The SMILES string of the molecule is COC[C@H]1CCCN1C1CC(C(=O)N2CCC(c3cc(Cl)c(C)cc3N(CC3CC3)S(C)(=O)=O)CC2)C(c2ccc(F)cc2F)C1. The van der Waals surface area contributed by atoms with Gasteiger partial charge in [0.1, 0.15) is 11.6 Å². The number of anilines is 1. The Hall–Kier alpha value is -2.27. The van der Waals surface area contributed by atoms with Crippen molar-refractivity contribution in [3.05, 3.63) is 63.7 Å². The second kappa shape index (κ2) is 13.7. The summed E-state index contributed by atoms with van der Waals surface area (Å²) in [6, 6.07) is 7.94. The van der Waals surface area contributed by atoms with Gasteiger partial charge in [-0.1, -0.05) is 17.7 Å². The van der Waals surface area contributed by atoms with Crippen molar-refractivity contribution in [3.63, 3.8) is 0 Å². The van der Waals surface area contributed by atoms with E-state index in [1.54, 1.807) is 11.4 Å². The maximum Gasteiger partial charge on any atom is 0.232 e. The number of sulfonamides is 1. The number of benzene rings is 2. The Balaban J connectivity index is 1.22. The number of aryl methyl sites for hydroxylation is 1. The van der Waals surface area contributed by atoms with E-state index in [2.05, 4.69) is 4.90 Å². The molecule has 1 amide bonds. The van der Waals surface area contributed by atoms with Crippen molar-refractivity contribution in [2.24, 2.45) is 11.8 Å². The molecule has 2 aromatic carbocycles. The first-order valence-corrected chi connectivity index (χ1v) is 18.9. The van der Waals surface area contributed by atoms with Gasteiger partial charge in [-0.3, -0.25) is 14.0 Å². The summed E-state index contributed by atoms with van der Waals surface area (Å²) < 4.78 is 62.1. The number of halogens is 3. The lowest BCUT2D eigenvalue weighted by Crippen LogP contribution is -2.43. The molecule has 252 valence electrons. The first kappa shape index (κ1) is 33.6. The van der Waals surface area contributed by atoms with Crippen molar-refractivity contribution < 1.29 is 26.7 Å². The summed E-state index contributed by atoms with van der Waals surface area (Å²) in [5.74, 6) is -1.53. The molecule has 0 aromatic heterocycles. The molecular formula is C35H46ClF2N3O4S. The van der Waals surface area contributed by atoms with Crippen molar-refractivity contribution in [2.45, 2.75) is 82.2 Å². The number of hydrogen-bond donors (Lipinski definition) is 0. The average Bonchev–Trinajstić information content (AvgIpc) is 3.55. The van der Waals surface area contributed by atoms with Gasteiger partial charge in [0.05, 0.1) is 18.6 Å². The Morgan fingerprint density at radius 3 is 2.41 bits per heavy atom. The van der Waals surface area contributed by atoms with Gasteiger partial charge in [-0.15, -0.1) is 0 Å². The molecule has 3 unspecified atom stereocenters. The van der Waals surface area contributed by atoms with E-state index in [0.29, 0.717) is 74.1 Å². The Kier molecular flexibility index (Phi) is 10.0. The second-order valence-electron chi connectivity index (χ2n) is 14.0. The van der Waals surface area contributed by atoms with Gasteiger partial charge in [-0.2, -0.15) is 0 Å². The molecule has 0 radical (unpaired) electrons. The van der Waals surface area contributed by atoms with E-state index in [1.165, 1.54) is 18.4 Å². The number of nitrogens with zero attached hydrogens (tertiary/aromatic N) is 3. The van der Waals surface area contributed by atoms with E-state index in [-0.39, 0.29) is 29.8 Å². The largest absolute Gasteiger partial charge is 0.383 e. The summed E-state index contributed by atoms with van der Waals surface area (Å²) >= 11 is 6.60. The zero-order chi connectivity index (χ0) is 32.7. The molecule has 6 rings (SSSR count). The molecule has 2 aliphatic carbocycles. The molecule has 4 aliphatic rings. The molecule has 4 atom stereocenters. The Morgan fingerprint density at radius 2 is 1.76 bits per heavy atom. The molecule has 2 aromatic rings. The van der Waals surface area contributed by atoms with Crippen molar-refractivity contribution in [3.8, 4) is 0 Å². The summed E-state index contributed by atoms with van der Waals surface area (Å²) in [5.41, 5.74) is 2.86. The van der Waals surface area contributed by atoms with Gasteiger partial charge in [0.25, 0.3) is 0 Å². The first-order chi connectivity index (χ1) is 21.9. The molecule has 0 bridgehead atoms. The van der Waals surface area contributed by atoms with Gasteiger partial charge >= 0.3 is 0 Å². The number of likely N-dealkylation sites (tertiary alicyclic amines) is 2. The first-order valence-electron chi connectivity index (χ1n) is 16.7. The summed E-state index contributed by atoms with van der Waals surface area (Å²) in [6.07, 6.45) is 8.04. The smallest absolute Gasteiger partial charge is 0.232 e. The van der Waals surface area contributed by atoms with Crippen LogP contribution in [0.3, 0.4) is 0 Å². The minimum atomic E-state index is -3.50. The van der Waals surface area contributed by atoms with Crippen molar-refractivity contribution in [1.29, 1.82) is 0 Å². The van der Waals surface area contributed by atoms with Crippen LogP contribution in [0.2, 0.25) is 5.02 Å². The van der Waals surface area contributed by atoms with Crippen molar-refractivity contribution in [2.75, 3.05) is 50.5 Å². The number of amides is 1. The van der Waals surface area contributed by atoms with Crippen LogP contribution in [-0.2, 0) is 19.6 Å². The van der Waals surface area contributed by atoms with Gasteiger partial charge in [-0.05, 0) is 117 Å². The Bertz CT molecular complexity index is 1550. The zero-order valence-electron chi connectivity index (χ0n) is 27.1. The molecule has 2 saturated heterocycles. The molecule has 4 fully saturated rings. The third kappa shape index (κ3) is 7.10. The van der Waals surface area contributed by atoms with E-state index in [0.717, 1.165) is 49.4 Å². The number of hydrogen-bond acceptors (Lipinski definition) is 5. The average molecular weight is 678 g/mol. The fourth-order valence-corrected chi connectivity index (χ4v) is 9.40. The highest BCUT2D eigenvalue weighted by Gasteiger charge is 2.46. The number of piperidine rings is 1. The van der Waals surface area contributed by atoms with Crippen LogP contribution in [0.4, 0.5) is 14.5 Å². The number of rotatable bonds is 10. The second-order valence-corrected chi connectivity index (χ2v) is 16.3. The minimum Gasteiger partial charge on any atom is -0.383 e. The molecule has 2 saturated carbocycles. The van der Waals surface area contributed by atoms with Crippen LogP contribution in [0.25, 0.3) is 0 Å². The fourth-order valence-electron chi connectivity index (χ4n) is 8.23. The maximum atomic E-state index is 15.2. The molecule has 46 heavy (non-hydrogen) atoms. The monoisotopic (exact) mass is 677 g/mol. The fraction of sp³-hybridized carbons (Fsp3) is 0.629. The Morgan fingerprint density at radius 1 is 1.02 bits per heavy atom. The number of methoxy groups -OCH3 is 1. The van der Waals surface area contributed by atoms with E-state index in [1.807, 2.05) is 24.0 Å². The van der Waals surface area contributed by atoms with E-state index >= 15 is 4.39 Å². The molecule has 2 aliphatic heterocycles. The number of ether oxygens (including phenoxy) is 1. The zero-order valence-corrected chi connectivity index (χ0v) is 28.6. The highest BCUT2D eigenvalue weighted by atomic mass is 35.5. The van der Waals surface area contributed by atoms with Crippen LogP contribution in [0.1, 0.15) is 79.9 Å². The summed E-state index contributed by atoms with van der Waals surface area (Å²) in [6.45, 7) is 4.95.